The Labute approximate surface area is 114 Å². The van der Waals surface area contributed by atoms with E-state index in [0.29, 0.717) is 12.3 Å². The van der Waals surface area contributed by atoms with Crippen molar-refractivity contribution in [3.63, 3.8) is 0 Å². The molecule has 1 heterocycles. The maximum atomic E-state index is 12.3. The number of pyridine rings is 1. The van der Waals surface area contributed by atoms with Crippen LogP contribution >= 0.6 is 0 Å². The first kappa shape index (κ1) is 16.9. The summed E-state index contributed by atoms with van der Waals surface area (Å²) in [6.45, 7) is 2.99. The molecule has 0 aliphatic carbocycles. The third kappa shape index (κ3) is 4.43. The average molecular weight is 312 g/mol. The first-order valence-electron chi connectivity index (χ1n) is 5.62. The van der Waals surface area contributed by atoms with E-state index in [0.717, 1.165) is 6.07 Å². The third-order valence-electron chi connectivity index (χ3n) is 2.51. The highest BCUT2D eigenvalue weighted by Crippen LogP contribution is 2.27. The van der Waals surface area contributed by atoms with Gasteiger partial charge in [-0.2, -0.15) is 13.2 Å². The Balaban J connectivity index is 2.89. The van der Waals surface area contributed by atoms with Gasteiger partial charge < -0.3 is 5.11 Å². The van der Waals surface area contributed by atoms with Crippen LogP contribution in [0.15, 0.2) is 23.2 Å². The third-order valence-corrected chi connectivity index (χ3v) is 3.89. The molecule has 1 rings (SSSR count). The molecule has 0 fully saturated rings. The van der Waals surface area contributed by atoms with E-state index in [1.165, 1.54) is 0 Å². The lowest BCUT2D eigenvalue weighted by molar-refractivity contribution is -0.141. The van der Waals surface area contributed by atoms with E-state index in [4.69, 9.17) is 5.11 Å². The van der Waals surface area contributed by atoms with Crippen LogP contribution in [0.2, 0.25) is 0 Å². The topological polar surface area (TPSA) is 79.3 Å². The zero-order valence-corrected chi connectivity index (χ0v) is 11.7. The molecule has 0 saturated heterocycles. The number of nitrogens with one attached hydrogen (secondary N) is 1. The number of alkyl halides is 3. The molecule has 0 spiro atoms. The summed E-state index contributed by atoms with van der Waals surface area (Å²) in [7, 11) is -3.96. The second kappa shape index (κ2) is 5.66. The number of aromatic nitrogens is 1. The van der Waals surface area contributed by atoms with Crippen molar-refractivity contribution < 1.29 is 26.7 Å². The number of hydrogen-bond acceptors (Lipinski definition) is 4. The monoisotopic (exact) mass is 312 g/mol. The minimum absolute atomic E-state index is 0.0488. The number of aliphatic hydroxyl groups is 1. The molecule has 114 valence electrons. The summed E-state index contributed by atoms with van der Waals surface area (Å²) in [5.74, 6) is 0. The number of halogens is 3. The predicted octanol–water partition coefficient (Wildman–Crippen LogP) is 1.40. The quantitative estimate of drug-likeness (QED) is 0.861. The molecule has 2 N–H and O–H groups in total. The average Bonchev–Trinajstić information content (AvgIpc) is 2.36. The first-order chi connectivity index (χ1) is 8.98. The maximum absolute atomic E-state index is 12.3. The van der Waals surface area contributed by atoms with E-state index in [1.54, 1.807) is 13.8 Å². The number of aliphatic hydroxyl groups excluding tert-OH is 1. The minimum atomic E-state index is -4.62. The summed E-state index contributed by atoms with van der Waals surface area (Å²) in [5, 5.41) is 9.02. The largest absolute Gasteiger partial charge is 0.433 e. The summed E-state index contributed by atoms with van der Waals surface area (Å²) >= 11 is 0. The Hall–Kier alpha value is -1.19. The van der Waals surface area contributed by atoms with Gasteiger partial charge in [0.05, 0.1) is 0 Å². The Kier molecular flexibility index (Phi) is 4.78. The van der Waals surface area contributed by atoms with Gasteiger partial charge in [-0.05, 0) is 12.1 Å². The normalized spacial score (nSPS) is 13.5. The molecule has 1 aromatic heterocycles. The lowest BCUT2D eigenvalue weighted by Crippen LogP contribution is -2.36. The molecule has 0 aliphatic rings. The molecule has 0 unspecified atom stereocenters. The zero-order chi connectivity index (χ0) is 15.6. The van der Waals surface area contributed by atoms with Gasteiger partial charge in [-0.25, -0.2) is 13.1 Å². The Morgan fingerprint density at radius 1 is 1.30 bits per heavy atom. The molecule has 0 aromatic carbocycles. The van der Waals surface area contributed by atoms with Crippen molar-refractivity contribution in [2.24, 2.45) is 5.41 Å². The summed E-state index contributed by atoms with van der Waals surface area (Å²) in [4.78, 5) is 2.73. The van der Waals surface area contributed by atoms with Gasteiger partial charge in [0.2, 0.25) is 10.0 Å². The molecule has 0 amide bonds. The molecule has 5 nitrogen and oxygen atoms in total. The molecule has 9 heteroatoms. The van der Waals surface area contributed by atoms with Crippen molar-refractivity contribution >= 4 is 10.0 Å². The summed E-state index contributed by atoms with van der Waals surface area (Å²) in [6.07, 6.45) is -3.97. The summed E-state index contributed by atoms with van der Waals surface area (Å²) < 4.78 is 62.8. The number of rotatable bonds is 5. The van der Waals surface area contributed by atoms with Crippen molar-refractivity contribution in [3.8, 4) is 0 Å². The molecule has 0 saturated carbocycles. The standard InChI is InChI=1S/C11H15F3N2O3S/c1-10(2,7-17)6-16-20(18,19)8-3-4-9(15-5-8)11(12,13)14/h3-5,16-17H,6-7H2,1-2H3. The van der Waals surface area contributed by atoms with Gasteiger partial charge in [0.15, 0.2) is 0 Å². The molecule has 1 aromatic rings. The van der Waals surface area contributed by atoms with Gasteiger partial charge in [0, 0.05) is 24.8 Å². The zero-order valence-electron chi connectivity index (χ0n) is 10.9. The van der Waals surface area contributed by atoms with Crippen LogP contribution in [0.3, 0.4) is 0 Å². The van der Waals surface area contributed by atoms with Gasteiger partial charge >= 0.3 is 6.18 Å². The van der Waals surface area contributed by atoms with Gasteiger partial charge in [0.1, 0.15) is 10.6 Å². The molecule has 0 atom stereocenters. The van der Waals surface area contributed by atoms with Crippen molar-refractivity contribution in [2.45, 2.75) is 24.9 Å². The van der Waals surface area contributed by atoms with Crippen LogP contribution in [0.4, 0.5) is 13.2 Å². The highest BCUT2D eigenvalue weighted by Gasteiger charge is 2.32. The minimum Gasteiger partial charge on any atom is -0.396 e. The highest BCUT2D eigenvalue weighted by molar-refractivity contribution is 7.89. The maximum Gasteiger partial charge on any atom is 0.433 e. The first-order valence-corrected chi connectivity index (χ1v) is 7.10. The molecular weight excluding hydrogens is 297 g/mol. The van der Waals surface area contributed by atoms with Crippen LogP contribution in [0, 0.1) is 5.41 Å². The lowest BCUT2D eigenvalue weighted by Gasteiger charge is -2.21. The Bertz CT molecular complexity index is 553. The summed E-state index contributed by atoms with van der Waals surface area (Å²) in [5.41, 5.74) is -1.83. The van der Waals surface area contributed by atoms with Gasteiger partial charge in [-0.1, -0.05) is 13.8 Å². The SMILES string of the molecule is CC(C)(CO)CNS(=O)(=O)c1ccc(C(F)(F)F)nc1. The van der Waals surface area contributed by atoms with Crippen LogP contribution in [-0.2, 0) is 16.2 Å². The summed E-state index contributed by atoms with van der Waals surface area (Å²) in [6, 6.07) is 1.44. The molecule has 0 radical (unpaired) electrons. The fourth-order valence-corrected chi connectivity index (χ4v) is 2.32. The molecule has 0 aliphatic heterocycles. The molecule has 20 heavy (non-hydrogen) atoms. The van der Waals surface area contributed by atoms with Crippen molar-refractivity contribution in [2.75, 3.05) is 13.2 Å². The Morgan fingerprint density at radius 2 is 1.90 bits per heavy atom. The Morgan fingerprint density at radius 3 is 2.30 bits per heavy atom. The van der Waals surface area contributed by atoms with Crippen molar-refractivity contribution in [3.05, 3.63) is 24.0 Å². The van der Waals surface area contributed by atoms with Gasteiger partial charge in [0.25, 0.3) is 0 Å². The number of nitrogens with zero attached hydrogens (tertiary/aromatic N) is 1. The van der Waals surface area contributed by atoms with Crippen molar-refractivity contribution in [1.29, 1.82) is 0 Å². The second-order valence-corrected chi connectivity index (χ2v) is 6.79. The van der Waals surface area contributed by atoms with E-state index in [2.05, 4.69) is 9.71 Å². The van der Waals surface area contributed by atoms with Crippen molar-refractivity contribution in [1.82, 2.24) is 9.71 Å². The van der Waals surface area contributed by atoms with E-state index in [9.17, 15) is 21.6 Å². The van der Waals surface area contributed by atoms with Crippen LogP contribution in [0.5, 0.6) is 0 Å². The highest BCUT2D eigenvalue weighted by atomic mass is 32.2. The molecular formula is C11H15F3N2O3S. The van der Waals surface area contributed by atoms with Gasteiger partial charge in [-0.15, -0.1) is 0 Å². The van der Waals surface area contributed by atoms with E-state index < -0.39 is 27.3 Å². The van der Waals surface area contributed by atoms with E-state index in [1.807, 2.05) is 0 Å². The van der Waals surface area contributed by atoms with E-state index >= 15 is 0 Å². The van der Waals surface area contributed by atoms with Gasteiger partial charge in [-0.3, -0.25) is 4.98 Å². The fourth-order valence-electron chi connectivity index (χ4n) is 1.14. The fraction of sp³-hybridized carbons (Fsp3) is 0.545. The lowest BCUT2D eigenvalue weighted by atomic mass is 9.96. The van der Waals surface area contributed by atoms with Crippen LogP contribution in [0.25, 0.3) is 0 Å². The smallest absolute Gasteiger partial charge is 0.396 e. The second-order valence-electron chi connectivity index (χ2n) is 5.02. The number of sulfonamides is 1. The number of hydrogen-bond donors (Lipinski definition) is 2. The molecule has 0 bridgehead atoms. The van der Waals surface area contributed by atoms with Crippen LogP contribution in [-0.4, -0.2) is 31.7 Å². The van der Waals surface area contributed by atoms with E-state index in [-0.39, 0.29) is 18.0 Å². The van der Waals surface area contributed by atoms with Crippen LogP contribution in [0.1, 0.15) is 19.5 Å². The predicted molar refractivity (Wildman–Crippen MR) is 65.3 cm³/mol. The van der Waals surface area contributed by atoms with Crippen LogP contribution < -0.4 is 4.72 Å².